The van der Waals surface area contributed by atoms with E-state index in [9.17, 15) is 0 Å². The summed E-state index contributed by atoms with van der Waals surface area (Å²) in [7, 11) is 0. The lowest BCUT2D eigenvalue weighted by Gasteiger charge is -2.20. The van der Waals surface area contributed by atoms with Crippen LogP contribution in [0, 0.1) is 0 Å². The number of aromatic nitrogens is 3. The summed E-state index contributed by atoms with van der Waals surface area (Å²) in [6.45, 7) is 6.04. The van der Waals surface area contributed by atoms with Gasteiger partial charge in [-0.2, -0.15) is 0 Å². The first kappa shape index (κ1) is 14.0. The van der Waals surface area contributed by atoms with Crippen LogP contribution >= 0.6 is 11.6 Å². The van der Waals surface area contributed by atoms with Gasteiger partial charge in [-0.15, -0.1) is 0 Å². The average molecular weight is 279 g/mol. The summed E-state index contributed by atoms with van der Waals surface area (Å²) in [5, 5.41) is 4.11. The monoisotopic (exact) mass is 278 g/mol. The third-order valence-corrected chi connectivity index (χ3v) is 3.31. The van der Waals surface area contributed by atoms with E-state index in [-0.39, 0.29) is 6.04 Å². The smallest absolute Gasteiger partial charge is 0.130 e. The molecule has 4 nitrogen and oxygen atoms in total. The zero-order valence-electron chi connectivity index (χ0n) is 11.3. The minimum atomic E-state index is 0.00190. The fraction of sp³-hybridized carbons (Fsp3) is 0.429. The average Bonchev–Trinajstić information content (AvgIpc) is 2.86. The van der Waals surface area contributed by atoms with E-state index < -0.39 is 0 Å². The molecule has 0 saturated carbocycles. The second kappa shape index (κ2) is 6.68. The minimum Gasteiger partial charge on any atom is -0.333 e. The highest BCUT2D eigenvalue weighted by molar-refractivity contribution is 6.31. The maximum Gasteiger partial charge on any atom is 0.130 e. The number of hydrogen-bond donors (Lipinski definition) is 1. The van der Waals surface area contributed by atoms with E-state index in [1.807, 2.05) is 18.5 Å². The van der Waals surface area contributed by atoms with Crippen LogP contribution in [0.15, 0.2) is 30.9 Å². The number of aryl methyl sites for hydroxylation is 1. The second-order valence-electron chi connectivity index (χ2n) is 4.37. The maximum atomic E-state index is 6.26. The van der Waals surface area contributed by atoms with Crippen LogP contribution in [0.4, 0.5) is 0 Å². The van der Waals surface area contributed by atoms with Crippen molar-refractivity contribution in [2.45, 2.75) is 32.9 Å². The second-order valence-corrected chi connectivity index (χ2v) is 4.77. The van der Waals surface area contributed by atoms with E-state index in [2.05, 4.69) is 33.7 Å². The number of halogens is 1. The molecule has 0 fully saturated rings. The molecule has 2 aromatic rings. The topological polar surface area (TPSA) is 42.7 Å². The van der Waals surface area contributed by atoms with Gasteiger partial charge >= 0.3 is 0 Å². The minimum absolute atomic E-state index is 0.00190. The Balaban J connectivity index is 2.40. The Hall–Kier alpha value is -1.39. The summed E-state index contributed by atoms with van der Waals surface area (Å²) in [6, 6.07) is 1.95. The Labute approximate surface area is 118 Å². The van der Waals surface area contributed by atoms with Gasteiger partial charge in [0.1, 0.15) is 5.82 Å². The van der Waals surface area contributed by atoms with Gasteiger partial charge in [-0.05, 0) is 24.6 Å². The highest BCUT2D eigenvalue weighted by Gasteiger charge is 2.20. The van der Waals surface area contributed by atoms with Gasteiger partial charge in [0.2, 0.25) is 0 Å². The molecule has 0 aliphatic carbocycles. The van der Waals surface area contributed by atoms with Crippen molar-refractivity contribution in [2.75, 3.05) is 6.54 Å². The van der Waals surface area contributed by atoms with Gasteiger partial charge in [-0.3, -0.25) is 4.98 Å². The van der Waals surface area contributed by atoms with Crippen molar-refractivity contribution in [1.29, 1.82) is 0 Å². The van der Waals surface area contributed by atoms with Crippen LogP contribution in [-0.2, 0) is 6.54 Å². The van der Waals surface area contributed by atoms with Crippen LogP contribution in [-0.4, -0.2) is 21.1 Å². The van der Waals surface area contributed by atoms with Crippen molar-refractivity contribution in [3.05, 3.63) is 47.3 Å². The van der Waals surface area contributed by atoms with Crippen molar-refractivity contribution in [3.8, 4) is 0 Å². The first-order valence-corrected chi connectivity index (χ1v) is 6.99. The molecule has 2 rings (SSSR count). The number of imidazole rings is 1. The lowest BCUT2D eigenvalue weighted by molar-refractivity contribution is 0.544. The molecule has 0 radical (unpaired) electrons. The van der Waals surface area contributed by atoms with Gasteiger partial charge in [-0.25, -0.2) is 4.98 Å². The van der Waals surface area contributed by atoms with Gasteiger partial charge < -0.3 is 9.88 Å². The lowest BCUT2D eigenvalue weighted by Crippen LogP contribution is -2.25. The predicted octanol–water partition coefficient (Wildman–Crippen LogP) is 3.04. The van der Waals surface area contributed by atoms with Crippen LogP contribution in [0.25, 0.3) is 0 Å². The summed E-state index contributed by atoms with van der Waals surface area (Å²) in [5.41, 5.74) is 1.02. The van der Waals surface area contributed by atoms with Crippen LogP contribution in [0.1, 0.15) is 37.7 Å². The summed E-state index contributed by atoms with van der Waals surface area (Å²) in [4.78, 5) is 8.53. The number of pyridine rings is 1. The SMILES string of the molecule is CCCn1ccnc1C(NCC)c1ccncc1Cl. The zero-order valence-corrected chi connectivity index (χ0v) is 12.1. The molecule has 0 aliphatic rings. The number of hydrogen-bond acceptors (Lipinski definition) is 3. The standard InChI is InChI=1S/C14H19ClN4/c1-3-8-19-9-7-18-14(19)13(17-4-2)11-5-6-16-10-12(11)15/h5-7,9-10,13,17H,3-4,8H2,1-2H3. The van der Waals surface area contributed by atoms with Crippen molar-refractivity contribution in [2.24, 2.45) is 0 Å². The highest BCUT2D eigenvalue weighted by Crippen LogP contribution is 2.26. The fourth-order valence-electron chi connectivity index (χ4n) is 2.18. The Morgan fingerprint density at radius 1 is 1.37 bits per heavy atom. The molecule has 19 heavy (non-hydrogen) atoms. The summed E-state index contributed by atoms with van der Waals surface area (Å²) < 4.78 is 2.17. The molecule has 5 heteroatoms. The zero-order chi connectivity index (χ0) is 13.7. The molecule has 0 spiro atoms. The Morgan fingerprint density at radius 2 is 2.21 bits per heavy atom. The molecule has 2 heterocycles. The van der Waals surface area contributed by atoms with Gasteiger partial charge in [0, 0.05) is 31.3 Å². The van der Waals surface area contributed by atoms with Crippen molar-refractivity contribution >= 4 is 11.6 Å². The molecule has 1 N–H and O–H groups in total. The van der Waals surface area contributed by atoms with Gasteiger partial charge in [0.05, 0.1) is 11.1 Å². The summed E-state index contributed by atoms with van der Waals surface area (Å²) in [5.74, 6) is 0.997. The van der Waals surface area contributed by atoms with Gasteiger partial charge in [0.15, 0.2) is 0 Å². The maximum absolute atomic E-state index is 6.26. The van der Waals surface area contributed by atoms with E-state index in [4.69, 9.17) is 11.6 Å². The quantitative estimate of drug-likeness (QED) is 0.883. The Kier molecular flexibility index (Phi) is 4.93. The highest BCUT2D eigenvalue weighted by atomic mass is 35.5. The molecule has 0 aliphatic heterocycles. The number of nitrogens with zero attached hydrogens (tertiary/aromatic N) is 3. The largest absolute Gasteiger partial charge is 0.333 e. The summed E-state index contributed by atoms with van der Waals surface area (Å²) >= 11 is 6.26. The van der Waals surface area contributed by atoms with Crippen molar-refractivity contribution < 1.29 is 0 Å². The molecule has 2 aromatic heterocycles. The molecule has 1 unspecified atom stereocenters. The number of nitrogens with one attached hydrogen (secondary N) is 1. The van der Waals surface area contributed by atoms with Crippen molar-refractivity contribution in [3.63, 3.8) is 0 Å². The Morgan fingerprint density at radius 3 is 2.89 bits per heavy atom. The number of rotatable bonds is 6. The van der Waals surface area contributed by atoms with Crippen LogP contribution in [0.3, 0.4) is 0 Å². The van der Waals surface area contributed by atoms with Crippen LogP contribution < -0.4 is 5.32 Å². The normalized spacial score (nSPS) is 12.6. The Bertz CT molecular complexity index is 524. The summed E-state index contributed by atoms with van der Waals surface area (Å²) in [6.07, 6.45) is 8.36. The van der Waals surface area contributed by atoms with E-state index in [1.165, 1.54) is 0 Å². The molecule has 102 valence electrons. The van der Waals surface area contributed by atoms with E-state index in [0.717, 1.165) is 30.9 Å². The van der Waals surface area contributed by atoms with Crippen molar-refractivity contribution in [1.82, 2.24) is 19.9 Å². The lowest BCUT2D eigenvalue weighted by atomic mass is 10.1. The van der Waals surface area contributed by atoms with Gasteiger partial charge in [0.25, 0.3) is 0 Å². The molecule has 0 bridgehead atoms. The molecule has 0 amide bonds. The van der Waals surface area contributed by atoms with E-state index in [1.54, 1.807) is 12.4 Å². The molecule has 0 saturated heterocycles. The fourth-order valence-corrected chi connectivity index (χ4v) is 2.40. The first-order chi connectivity index (χ1) is 9.27. The molecule has 1 atom stereocenters. The molecular weight excluding hydrogens is 260 g/mol. The molecular formula is C14H19ClN4. The van der Waals surface area contributed by atoms with Crippen LogP contribution in [0.5, 0.6) is 0 Å². The van der Waals surface area contributed by atoms with Crippen LogP contribution in [0.2, 0.25) is 5.02 Å². The predicted molar refractivity (Wildman–Crippen MR) is 77.3 cm³/mol. The third-order valence-electron chi connectivity index (χ3n) is 2.99. The van der Waals surface area contributed by atoms with Gasteiger partial charge in [-0.1, -0.05) is 25.4 Å². The molecule has 0 aromatic carbocycles. The van der Waals surface area contributed by atoms with E-state index in [0.29, 0.717) is 5.02 Å². The van der Waals surface area contributed by atoms with E-state index >= 15 is 0 Å². The third kappa shape index (κ3) is 3.14. The first-order valence-electron chi connectivity index (χ1n) is 6.61.